The number of piperidine rings is 2. The molecule has 2 amide bonds. The Labute approximate surface area is 527 Å². The summed E-state index contributed by atoms with van der Waals surface area (Å²) >= 11 is 15.3. The lowest BCUT2D eigenvalue weighted by atomic mass is 9.91. The molecule has 0 bridgehead atoms. The molecule has 8 aromatic rings. The number of hydrogen-bond acceptors (Lipinski definition) is 11. The predicted octanol–water partition coefficient (Wildman–Crippen LogP) is 15.7. The zero-order valence-corrected chi connectivity index (χ0v) is 53.1. The van der Waals surface area contributed by atoms with Crippen LogP contribution in [0.5, 0.6) is 0 Å². The number of nitrogens with one attached hydrogen (secondary N) is 1. The molecule has 0 unspecified atom stereocenters. The SMILES string of the molecule is CC(C)(CO)C(=O)n1nc(C2CCN(C(=O)OCC3c4ccccc4-c4ccccc43)CC2)cc1CCc1ccc(Cl)s1.CCC(C)(C)C(=O)O.O=C(OCC1c2ccccc2-c2ccccc21)N1CCC(c2cc(CCc3ccc(Cl)s3)[nH]n2)CC1. The van der Waals surface area contributed by atoms with Gasteiger partial charge in [0.25, 0.3) is 5.91 Å². The van der Waals surface area contributed by atoms with Gasteiger partial charge < -0.3 is 29.5 Å². The first-order chi connectivity index (χ1) is 41.9. The number of aliphatic hydroxyl groups excluding tert-OH is 1. The molecule has 2 fully saturated rings. The number of fused-ring (bicyclic) bond motifs is 6. The van der Waals surface area contributed by atoms with Crippen molar-refractivity contribution in [2.45, 2.75) is 116 Å². The number of likely N-dealkylation sites (tertiary alicyclic amines) is 2. The first-order valence-corrected chi connectivity index (χ1v) is 32.5. The van der Waals surface area contributed by atoms with Crippen LogP contribution in [-0.2, 0) is 40.0 Å². The maximum Gasteiger partial charge on any atom is 0.409 e. The van der Waals surface area contributed by atoms with Crippen molar-refractivity contribution >= 4 is 69.9 Å². The molecule has 2 saturated heterocycles. The second kappa shape index (κ2) is 28.0. The molecular formula is C69H76Cl2N6O8S2. The number of H-pyrrole nitrogens is 1. The van der Waals surface area contributed by atoms with E-state index in [4.69, 9.17) is 42.9 Å². The maximum atomic E-state index is 13.4. The summed E-state index contributed by atoms with van der Waals surface area (Å²) in [5.74, 6) is -0.340. The van der Waals surface area contributed by atoms with E-state index in [1.165, 1.54) is 65.4 Å². The number of benzene rings is 4. The van der Waals surface area contributed by atoms with E-state index in [0.717, 1.165) is 81.3 Å². The molecule has 0 atom stereocenters. The number of amides is 2. The minimum Gasteiger partial charge on any atom is -0.481 e. The standard InChI is InChI=1S/C34H36ClN3O4S.C29H28ClN3O2S.C6H12O2/c1-34(2,21-39)32(40)38-23(11-12-24-13-14-31(35)43-24)19-30(36-38)22-15-17-37(18-16-22)33(41)42-20-29-27-9-5-3-7-25(27)26-8-4-6-10-28(26)29;30-28-12-11-21(36-28)10-9-20-17-27(32-31-20)19-13-15-33(16-14-19)29(34)35-18-26-24-7-3-1-5-22(24)23-6-2-4-8-25(23)26;1-4-6(2,3)5(7)8/h3-10,13-14,19,22,29,39H,11-12,15-18,20-21H2,1-2H3;1-8,11-12,17,19,26H,9-10,13-16,18H2,(H,31,32);4H2,1-3H3,(H,7,8). The van der Waals surface area contributed by atoms with Gasteiger partial charge in [-0.15, -0.1) is 22.7 Å². The zero-order chi connectivity index (χ0) is 61.4. The smallest absolute Gasteiger partial charge is 0.409 e. The van der Waals surface area contributed by atoms with Crippen LogP contribution >= 0.6 is 45.9 Å². The molecule has 4 aromatic heterocycles. The third-order valence-electron chi connectivity index (χ3n) is 17.6. The number of aromatic amines is 1. The van der Waals surface area contributed by atoms with Crippen molar-refractivity contribution in [1.82, 2.24) is 29.8 Å². The fraction of sp³-hybridized carbons (Fsp3) is 0.391. The zero-order valence-electron chi connectivity index (χ0n) is 50.0. The van der Waals surface area contributed by atoms with Crippen molar-refractivity contribution < 1.29 is 38.9 Å². The molecule has 0 saturated carbocycles. The van der Waals surface area contributed by atoms with Gasteiger partial charge in [-0.2, -0.15) is 10.2 Å². The molecule has 456 valence electrons. The number of hydrogen-bond donors (Lipinski definition) is 3. The van der Waals surface area contributed by atoms with E-state index in [-0.39, 0.29) is 42.5 Å². The monoisotopic (exact) mass is 1250 g/mol. The van der Waals surface area contributed by atoms with Gasteiger partial charge in [-0.25, -0.2) is 14.3 Å². The average molecular weight is 1250 g/mol. The summed E-state index contributed by atoms with van der Waals surface area (Å²) in [5, 5.41) is 30.8. The van der Waals surface area contributed by atoms with Crippen molar-refractivity contribution in [3.05, 3.63) is 197 Å². The van der Waals surface area contributed by atoms with Gasteiger partial charge in [-0.1, -0.05) is 127 Å². The van der Waals surface area contributed by atoms with E-state index in [0.29, 0.717) is 58.2 Å². The summed E-state index contributed by atoms with van der Waals surface area (Å²) in [6.07, 6.45) is 6.70. The Bertz CT molecular complexity index is 3610. The quantitative estimate of drug-likeness (QED) is 0.0842. The largest absolute Gasteiger partial charge is 0.481 e. The number of carbonyl (C=O) groups is 4. The van der Waals surface area contributed by atoms with Crippen LogP contribution in [0, 0.1) is 10.8 Å². The molecule has 3 N–H and O–H groups in total. The lowest BCUT2D eigenvalue weighted by Crippen LogP contribution is -2.39. The number of carboxylic acid groups (broad SMARTS) is 1. The molecule has 2 aliphatic carbocycles. The molecular weight excluding hydrogens is 1180 g/mol. The minimum atomic E-state index is -0.947. The highest BCUT2D eigenvalue weighted by Crippen LogP contribution is 2.46. The van der Waals surface area contributed by atoms with Crippen molar-refractivity contribution in [2.75, 3.05) is 46.0 Å². The molecule has 0 radical (unpaired) electrons. The molecule has 6 heterocycles. The lowest BCUT2D eigenvalue weighted by Gasteiger charge is -2.31. The predicted molar refractivity (Wildman–Crippen MR) is 345 cm³/mol. The van der Waals surface area contributed by atoms with Crippen molar-refractivity contribution in [3.63, 3.8) is 0 Å². The molecule has 4 aromatic carbocycles. The Morgan fingerprint density at radius 1 is 0.586 bits per heavy atom. The summed E-state index contributed by atoms with van der Waals surface area (Å²) in [6, 6.07) is 45.6. The van der Waals surface area contributed by atoms with Crippen molar-refractivity contribution in [1.29, 1.82) is 0 Å². The topological polar surface area (TPSA) is 180 Å². The first-order valence-electron chi connectivity index (χ1n) is 30.1. The average Bonchev–Trinajstić information content (AvgIpc) is 2.19. The number of thiophene rings is 2. The minimum absolute atomic E-state index is 0.0298. The van der Waals surface area contributed by atoms with E-state index >= 15 is 0 Å². The summed E-state index contributed by atoms with van der Waals surface area (Å²) in [4.78, 5) is 55.7. The third kappa shape index (κ3) is 14.8. The molecule has 12 rings (SSSR count). The number of rotatable bonds is 16. The highest BCUT2D eigenvalue weighted by atomic mass is 35.5. The van der Waals surface area contributed by atoms with Crippen LogP contribution < -0.4 is 0 Å². The molecule has 18 heteroatoms. The van der Waals surface area contributed by atoms with Gasteiger partial charge in [0.1, 0.15) is 13.2 Å². The number of aromatic nitrogens is 4. The second-order valence-electron chi connectivity index (χ2n) is 24.2. The Kier molecular flexibility index (Phi) is 20.2. The Hall–Kier alpha value is -7.08. The van der Waals surface area contributed by atoms with Gasteiger partial charge >= 0.3 is 18.2 Å². The van der Waals surface area contributed by atoms with E-state index in [9.17, 15) is 24.3 Å². The summed E-state index contributed by atoms with van der Waals surface area (Å²) in [5.41, 5.74) is 12.2. The van der Waals surface area contributed by atoms with Crippen LogP contribution in [0.25, 0.3) is 22.3 Å². The van der Waals surface area contributed by atoms with Gasteiger partial charge in [-0.3, -0.25) is 14.7 Å². The van der Waals surface area contributed by atoms with E-state index in [1.807, 2.05) is 60.4 Å². The number of aliphatic carboxylic acids is 1. The molecule has 2 aliphatic heterocycles. The number of ether oxygens (including phenoxy) is 2. The van der Waals surface area contributed by atoms with Crippen LogP contribution in [-0.4, -0.2) is 110 Å². The van der Waals surface area contributed by atoms with Gasteiger partial charge in [0, 0.05) is 71.0 Å². The van der Waals surface area contributed by atoms with Crippen LogP contribution in [0.3, 0.4) is 0 Å². The second-order valence-corrected chi connectivity index (χ2v) is 27.8. The van der Waals surface area contributed by atoms with E-state index in [1.54, 1.807) is 43.9 Å². The van der Waals surface area contributed by atoms with Gasteiger partial charge in [0.2, 0.25) is 0 Å². The first kappa shape index (κ1) is 63.0. The number of carbonyl (C=O) groups excluding carboxylic acids is 3. The van der Waals surface area contributed by atoms with Gasteiger partial charge in [-0.05, 0) is 166 Å². The van der Waals surface area contributed by atoms with Gasteiger partial charge in [0.15, 0.2) is 0 Å². The Balaban J connectivity index is 0.000000173. The Morgan fingerprint density at radius 3 is 1.40 bits per heavy atom. The molecule has 14 nitrogen and oxygen atoms in total. The summed E-state index contributed by atoms with van der Waals surface area (Å²) < 4.78 is 14.8. The number of aryl methyl sites for hydroxylation is 4. The number of halogens is 2. The number of nitrogens with zero attached hydrogens (tertiary/aromatic N) is 5. The van der Waals surface area contributed by atoms with E-state index in [2.05, 4.69) is 95.1 Å². The van der Waals surface area contributed by atoms with Crippen LogP contribution in [0.1, 0.15) is 150 Å². The lowest BCUT2D eigenvalue weighted by molar-refractivity contribution is -0.147. The number of carboxylic acids is 1. The molecule has 87 heavy (non-hydrogen) atoms. The van der Waals surface area contributed by atoms with Crippen LogP contribution in [0.4, 0.5) is 9.59 Å². The maximum absolute atomic E-state index is 13.4. The summed E-state index contributed by atoms with van der Waals surface area (Å²) in [7, 11) is 0. The van der Waals surface area contributed by atoms with Crippen molar-refractivity contribution in [2.24, 2.45) is 10.8 Å². The highest BCUT2D eigenvalue weighted by Gasteiger charge is 2.36. The number of aliphatic hydroxyl groups is 1. The highest BCUT2D eigenvalue weighted by molar-refractivity contribution is 7.16. The van der Waals surface area contributed by atoms with Gasteiger partial charge in [0.05, 0.1) is 37.5 Å². The van der Waals surface area contributed by atoms with Crippen LogP contribution in [0.15, 0.2) is 133 Å². The van der Waals surface area contributed by atoms with E-state index < -0.39 is 16.8 Å². The Morgan fingerprint density at radius 2 is 1.01 bits per heavy atom. The fourth-order valence-corrected chi connectivity index (χ4v) is 14.0. The molecule has 4 aliphatic rings. The van der Waals surface area contributed by atoms with Crippen molar-refractivity contribution in [3.8, 4) is 22.3 Å². The van der Waals surface area contributed by atoms with Crippen LogP contribution in [0.2, 0.25) is 8.67 Å². The fourth-order valence-electron chi connectivity index (χ4n) is 11.8. The third-order valence-corrected chi connectivity index (χ3v) is 20.2. The summed E-state index contributed by atoms with van der Waals surface area (Å²) in [6.45, 7) is 11.7. The normalized spacial score (nSPS) is 15.1. The molecule has 0 spiro atoms.